The van der Waals surface area contributed by atoms with Crippen LogP contribution in [0.15, 0.2) is 0 Å². The highest BCUT2D eigenvalue weighted by molar-refractivity contribution is 5.66. The molecule has 1 fully saturated rings. The number of carboxylic acid groups (broad SMARTS) is 1. The minimum atomic E-state index is -0.826. The van der Waals surface area contributed by atoms with Gasteiger partial charge in [-0.1, -0.05) is 6.42 Å². The first-order valence-corrected chi connectivity index (χ1v) is 5.60. The summed E-state index contributed by atoms with van der Waals surface area (Å²) in [5, 5.41) is 9.27. The van der Waals surface area contributed by atoms with Gasteiger partial charge in [0.2, 0.25) is 0 Å². The van der Waals surface area contributed by atoms with E-state index in [0.29, 0.717) is 12.5 Å². The molecule has 0 spiro atoms. The summed E-state index contributed by atoms with van der Waals surface area (Å²) in [5.41, 5.74) is 5.35. The molecule has 0 aromatic rings. The number of hydrogen-bond acceptors (Lipinski definition) is 2. The van der Waals surface area contributed by atoms with Crippen molar-refractivity contribution >= 4 is 6.09 Å². The molecular weight excluding hydrogens is 192 g/mol. The average molecular weight is 214 g/mol. The molecular formula is C11H22N2O2. The Labute approximate surface area is 91.4 Å². The zero-order chi connectivity index (χ0) is 11.6. The molecule has 0 heterocycles. The van der Waals surface area contributed by atoms with Crippen molar-refractivity contribution in [2.24, 2.45) is 11.7 Å². The third-order valence-electron chi connectivity index (χ3n) is 3.18. The number of carbonyl (C=O) groups is 1. The van der Waals surface area contributed by atoms with Crippen molar-refractivity contribution in [3.8, 4) is 0 Å². The Kier molecular flexibility index (Phi) is 3.60. The third kappa shape index (κ3) is 2.62. The average Bonchev–Trinajstić information content (AvgIpc) is 2.48. The van der Waals surface area contributed by atoms with Crippen molar-refractivity contribution in [1.82, 2.24) is 4.90 Å². The lowest BCUT2D eigenvalue weighted by atomic mass is 9.96. The van der Waals surface area contributed by atoms with Gasteiger partial charge in [-0.3, -0.25) is 0 Å². The first-order chi connectivity index (χ1) is 6.88. The molecule has 88 valence electrons. The quantitative estimate of drug-likeness (QED) is 0.737. The Morgan fingerprint density at radius 3 is 2.47 bits per heavy atom. The standard InChI is InChI=1S/C11H22N2O2/c1-11(2,3)13(10(14)15)9-6-4-5-8(9)7-12/h8-9H,4-7,12H2,1-3H3,(H,14,15)/t8-,9-/m0/s1. The molecule has 1 saturated carbocycles. The summed E-state index contributed by atoms with van der Waals surface area (Å²) in [4.78, 5) is 12.9. The van der Waals surface area contributed by atoms with Crippen LogP contribution in [0, 0.1) is 5.92 Å². The molecule has 1 amide bonds. The zero-order valence-electron chi connectivity index (χ0n) is 9.86. The summed E-state index contributed by atoms with van der Waals surface area (Å²) in [6.45, 7) is 6.40. The summed E-state index contributed by atoms with van der Waals surface area (Å²) in [7, 11) is 0. The van der Waals surface area contributed by atoms with E-state index in [9.17, 15) is 9.90 Å². The van der Waals surface area contributed by atoms with Crippen molar-refractivity contribution in [2.45, 2.75) is 51.6 Å². The van der Waals surface area contributed by atoms with Crippen molar-refractivity contribution in [3.63, 3.8) is 0 Å². The summed E-state index contributed by atoms with van der Waals surface area (Å²) < 4.78 is 0. The fraction of sp³-hybridized carbons (Fsp3) is 0.909. The Morgan fingerprint density at radius 2 is 2.07 bits per heavy atom. The molecule has 0 aromatic carbocycles. The SMILES string of the molecule is CC(C)(C)N(C(=O)O)[C@H]1CCC[C@H]1CN. The van der Waals surface area contributed by atoms with E-state index >= 15 is 0 Å². The Morgan fingerprint density at radius 1 is 1.47 bits per heavy atom. The predicted molar refractivity (Wildman–Crippen MR) is 59.8 cm³/mol. The van der Waals surface area contributed by atoms with Crippen LogP contribution >= 0.6 is 0 Å². The normalized spacial score (nSPS) is 26.7. The van der Waals surface area contributed by atoms with Crippen LogP contribution in [-0.4, -0.2) is 34.2 Å². The van der Waals surface area contributed by atoms with Crippen LogP contribution in [0.25, 0.3) is 0 Å². The Balaban J connectivity index is 2.85. The van der Waals surface area contributed by atoms with Crippen molar-refractivity contribution < 1.29 is 9.90 Å². The van der Waals surface area contributed by atoms with Gasteiger partial charge in [-0.05, 0) is 46.1 Å². The highest BCUT2D eigenvalue weighted by Gasteiger charge is 2.39. The van der Waals surface area contributed by atoms with Crippen LogP contribution in [0.5, 0.6) is 0 Å². The van der Waals surface area contributed by atoms with E-state index in [-0.39, 0.29) is 11.6 Å². The number of nitrogens with two attached hydrogens (primary N) is 1. The lowest BCUT2D eigenvalue weighted by Gasteiger charge is -2.40. The molecule has 1 aliphatic rings. The molecule has 4 nitrogen and oxygen atoms in total. The number of rotatable bonds is 2. The first kappa shape index (κ1) is 12.3. The van der Waals surface area contributed by atoms with Gasteiger partial charge in [-0.15, -0.1) is 0 Å². The molecule has 1 rings (SSSR count). The molecule has 1 aliphatic carbocycles. The lowest BCUT2D eigenvalue weighted by molar-refractivity contribution is 0.0581. The van der Waals surface area contributed by atoms with Crippen LogP contribution in [0.3, 0.4) is 0 Å². The number of hydrogen-bond donors (Lipinski definition) is 2. The van der Waals surface area contributed by atoms with Crippen LogP contribution in [0.1, 0.15) is 40.0 Å². The Bertz CT molecular complexity index is 235. The molecule has 3 N–H and O–H groups in total. The van der Waals surface area contributed by atoms with E-state index in [0.717, 1.165) is 19.3 Å². The van der Waals surface area contributed by atoms with Gasteiger partial charge in [0.05, 0.1) is 0 Å². The van der Waals surface area contributed by atoms with E-state index < -0.39 is 6.09 Å². The van der Waals surface area contributed by atoms with Crippen LogP contribution in [0.2, 0.25) is 0 Å². The molecule has 0 unspecified atom stereocenters. The van der Waals surface area contributed by atoms with Gasteiger partial charge in [0.25, 0.3) is 0 Å². The molecule has 2 atom stereocenters. The van der Waals surface area contributed by atoms with Gasteiger partial charge in [-0.25, -0.2) is 4.79 Å². The summed E-state index contributed by atoms with van der Waals surface area (Å²) in [5.74, 6) is 0.334. The van der Waals surface area contributed by atoms with Crippen LogP contribution < -0.4 is 5.73 Å². The smallest absolute Gasteiger partial charge is 0.407 e. The maximum Gasteiger partial charge on any atom is 0.407 e. The van der Waals surface area contributed by atoms with E-state index in [2.05, 4.69) is 0 Å². The third-order valence-corrected chi connectivity index (χ3v) is 3.18. The van der Waals surface area contributed by atoms with E-state index in [4.69, 9.17) is 5.73 Å². The molecule has 0 bridgehead atoms. The monoisotopic (exact) mass is 214 g/mol. The van der Waals surface area contributed by atoms with Gasteiger partial charge in [0, 0.05) is 11.6 Å². The minimum absolute atomic E-state index is 0.104. The second-order valence-corrected chi connectivity index (χ2v) is 5.32. The van der Waals surface area contributed by atoms with Crippen LogP contribution in [0.4, 0.5) is 4.79 Å². The molecule has 0 aliphatic heterocycles. The highest BCUT2D eigenvalue weighted by atomic mass is 16.4. The lowest BCUT2D eigenvalue weighted by Crippen LogP contribution is -2.53. The molecule has 0 aromatic heterocycles. The van der Waals surface area contributed by atoms with E-state index in [1.165, 1.54) is 0 Å². The summed E-state index contributed by atoms with van der Waals surface area (Å²) in [6, 6.07) is 0.104. The van der Waals surface area contributed by atoms with Gasteiger partial charge in [0.1, 0.15) is 0 Å². The fourth-order valence-corrected chi connectivity index (χ4v) is 2.56. The van der Waals surface area contributed by atoms with Gasteiger partial charge in [0.15, 0.2) is 0 Å². The largest absolute Gasteiger partial charge is 0.465 e. The number of amides is 1. The molecule has 0 radical (unpaired) electrons. The predicted octanol–water partition coefficient (Wildman–Crippen LogP) is 1.89. The molecule has 0 saturated heterocycles. The second-order valence-electron chi connectivity index (χ2n) is 5.32. The second kappa shape index (κ2) is 4.39. The summed E-state index contributed by atoms with van der Waals surface area (Å²) in [6.07, 6.45) is 2.27. The Hall–Kier alpha value is -0.770. The summed E-state index contributed by atoms with van der Waals surface area (Å²) >= 11 is 0. The van der Waals surface area contributed by atoms with Gasteiger partial charge < -0.3 is 15.7 Å². The van der Waals surface area contributed by atoms with E-state index in [1.807, 2.05) is 20.8 Å². The minimum Gasteiger partial charge on any atom is -0.465 e. The van der Waals surface area contributed by atoms with Gasteiger partial charge in [-0.2, -0.15) is 0 Å². The fourth-order valence-electron chi connectivity index (χ4n) is 2.56. The molecule has 15 heavy (non-hydrogen) atoms. The first-order valence-electron chi connectivity index (χ1n) is 5.60. The molecule has 4 heteroatoms. The van der Waals surface area contributed by atoms with Crippen molar-refractivity contribution in [3.05, 3.63) is 0 Å². The zero-order valence-corrected chi connectivity index (χ0v) is 9.86. The van der Waals surface area contributed by atoms with Crippen molar-refractivity contribution in [1.29, 1.82) is 0 Å². The van der Waals surface area contributed by atoms with Crippen LogP contribution in [-0.2, 0) is 0 Å². The number of nitrogens with zero attached hydrogens (tertiary/aromatic N) is 1. The highest BCUT2D eigenvalue weighted by Crippen LogP contribution is 2.33. The maximum atomic E-state index is 11.3. The van der Waals surface area contributed by atoms with Gasteiger partial charge >= 0.3 is 6.09 Å². The maximum absolute atomic E-state index is 11.3. The van der Waals surface area contributed by atoms with E-state index in [1.54, 1.807) is 4.90 Å². The topological polar surface area (TPSA) is 66.6 Å². The van der Waals surface area contributed by atoms with Crippen molar-refractivity contribution in [2.75, 3.05) is 6.54 Å².